The van der Waals surface area contributed by atoms with Crippen molar-refractivity contribution in [3.63, 3.8) is 0 Å². The molecule has 3 nitrogen and oxygen atoms in total. The topological polar surface area (TPSA) is 44.1 Å². The van der Waals surface area contributed by atoms with E-state index < -0.39 is 5.41 Å². The summed E-state index contributed by atoms with van der Waals surface area (Å²) in [7, 11) is 0. The van der Waals surface area contributed by atoms with E-state index in [9.17, 15) is 10.1 Å². The van der Waals surface area contributed by atoms with Crippen molar-refractivity contribution >= 4 is 5.78 Å². The van der Waals surface area contributed by atoms with Crippen LogP contribution >= 0.6 is 0 Å². The molecule has 0 N–H and O–H groups in total. The van der Waals surface area contributed by atoms with Crippen molar-refractivity contribution in [3.05, 3.63) is 59.9 Å². The molecule has 2 rings (SSSR count). The molecule has 0 saturated heterocycles. The lowest BCUT2D eigenvalue weighted by Crippen LogP contribution is -2.27. The maximum atomic E-state index is 11.7. The van der Waals surface area contributed by atoms with E-state index in [0.29, 0.717) is 12.1 Å². The second kappa shape index (κ2) is 5.11. The standard InChI is InChI=1S/C16H16N2O/c1-13(19)15-11-18(9-8-16(15,2)12-17)10-14-6-4-3-5-7-14/h3-9,11H,10H2,1-2H3/t16-/m1/s1. The van der Waals surface area contributed by atoms with Crippen LogP contribution in [-0.2, 0) is 11.3 Å². The average molecular weight is 252 g/mol. The van der Waals surface area contributed by atoms with E-state index in [4.69, 9.17) is 0 Å². The van der Waals surface area contributed by atoms with Gasteiger partial charge in [0.05, 0.1) is 6.07 Å². The van der Waals surface area contributed by atoms with Crippen LogP contribution in [0.1, 0.15) is 19.4 Å². The Morgan fingerprint density at radius 2 is 2.05 bits per heavy atom. The third kappa shape index (κ3) is 2.74. The lowest BCUT2D eigenvalue weighted by molar-refractivity contribution is -0.114. The van der Waals surface area contributed by atoms with Crippen molar-refractivity contribution in [3.8, 4) is 6.07 Å². The average Bonchev–Trinajstić information content (AvgIpc) is 2.42. The van der Waals surface area contributed by atoms with E-state index in [-0.39, 0.29) is 5.78 Å². The van der Waals surface area contributed by atoms with Gasteiger partial charge in [0.15, 0.2) is 5.78 Å². The predicted molar refractivity (Wildman–Crippen MR) is 73.6 cm³/mol. The molecule has 0 unspecified atom stereocenters. The van der Waals surface area contributed by atoms with Gasteiger partial charge in [0.25, 0.3) is 0 Å². The van der Waals surface area contributed by atoms with E-state index in [1.165, 1.54) is 6.92 Å². The summed E-state index contributed by atoms with van der Waals surface area (Å²) >= 11 is 0. The Bertz CT molecular complexity index is 581. The van der Waals surface area contributed by atoms with Crippen molar-refractivity contribution in [2.45, 2.75) is 20.4 Å². The lowest BCUT2D eigenvalue weighted by Gasteiger charge is -2.29. The predicted octanol–water partition coefficient (Wildman–Crippen LogP) is 3.02. The van der Waals surface area contributed by atoms with Crippen molar-refractivity contribution in [2.24, 2.45) is 5.41 Å². The number of rotatable bonds is 3. The van der Waals surface area contributed by atoms with Gasteiger partial charge < -0.3 is 4.90 Å². The van der Waals surface area contributed by atoms with Crippen LogP contribution < -0.4 is 0 Å². The zero-order valence-corrected chi connectivity index (χ0v) is 11.1. The van der Waals surface area contributed by atoms with Gasteiger partial charge in [0, 0.05) is 24.5 Å². The van der Waals surface area contributed by atoms with Gasteiger partial charge in [0.2, 0.25) is 0 Å². The molecule has 0 aromatic heterocycles. The number of carbonyl (C=O) groups is 1. The molecular weight excluding hydrogens is 236 g/mol. The van der Waals surface area contributed by atoms with Crippen LogP contribution in [0.25, 0.3) is 0 Å². The monoisotopic (exact) mass is 252 g/mol. The SMILES string of the molecule is CC(=O)C1=CN(Cc2ccccc2)C=C[C@]1(C)C#N. The first kappa shape index (κ1) is 13.1. The number of nitriles is 1. The van der Waals surface area contributed by atoms with Gasteiger partial charge in [-0.2, -0.15) is 5.26 Å². The minimum atomic E-state index is -0.820. The van der Waals surface area contributed by atoms with Gasteiger partial charge in [0.1, 0.15) is 5.41 Å². The Hall–Kier alpha value is -2.34. The first-order chi connectivity index (χ1) is 9.05. The summed E-state index contributed by atoms with van der Waals surface area (Å²) < 4.78 is 0. The summed E-state index contributed by atoms with van der Waals surface area (Å²) in [4.78, 5) is 13.6. The summed E-state index contributed by atoms with van der Waals surface area (Å²) in [6, 6.07) is 12.2. The fourth-order valence-corrected chi connectivity index (χ4v) is 2.12. The minimum Gasteiger partial charge on any atom is -0.350 e. The normalized spacial score (nSPS) is 21.7. The van der Waals surface area contributed by atoms with Gasteiger partial charge >= 0.3 is 0 Å². The van der Waals surface area contributed by atoms with Crippen LogP contribution in [0.3, 0.4) is 0 Å². The molecule has 1 heterocycles. The Labute approximate surface area is 113 Å². The zero-order chi connectivity index (χ0) is 13.9. The van der Waals surface area contributed by atoms with Gasteiger partial charge in [-0.1, -0.05) is 30.3 Å². The molecule has 1 aromatic rings. The minimum absolute atomic E-state index is 0.0635. The fourth-order valence-electron chi connectivity index (χ4n) is 2.12. The molecule has 3 heteroatoms. The first-order valence-corrected chi connectivity index (χ1v) is 6.19. The van der Waals surface area contributed by atoms with Crippen LogP contribution in [0, 0.1) is 16.7 Å². The molecule has 96 valence electrons. The van der Waals surface area contributed by atoms with Gasteiger partial charge in [-0.15, -0.1) is 0 Å². The van der Waals surface area contributed by atoms with Crippen LogP contribution in [0.15, 0.2) is 54.4 Å². The zero-order valence-electron chi connectivity index (χ0n) is 11.1. The summed E-state index contributed by atoms with van der Waals surface area (Å²) in [5.74, 6) is -0.0635. The van der Waals surface area contributed by atoms with Crippen LogP contribution in [0.5, 0.6) is 0 Å². The quantitative estimate of drug-likeness (QED) is 0.830. The number of Topliss-reactive ketones (excluding diaryl/α,β-unsaturated/α-hetero) is 1. The summed E-state index contributed by atoms with van der Waals surface area (Å²) in [6.07, 6.45) is 5.42. The Morgan fingerprint density at radius 3 is 2.63 bits per heavy atom. The van der Waals surface area contributed by atoms with Crippen LogP contribution in [-0.4, -0.2) is 10.7 Å². The third-order valence-corrected chi connectivity index (χ3v) is 3.27. The lowest BCUT2D eigenvalue weighted by atomic mass is 9.80. The van der Waals surface area contributed by atoms with Crippen molar-refractivity contribution in [2.75, 3.05) is 0 Å². The molecular formula is C16H16N2O. The van der Waals surface area contributed by atoms with E-state index >= 15 is 0 Å². The number of hydrogen-bond donors (Lipinski definition) is 0. The van der Waals surface area contributed by atoms with Gasteiger partial charge in [-0.3, -0.25) is 4.79 Å². The Morgan fingerprint density at radius 1 is 1.37 bits per heavy atom. The molecule has 0 bridgehead atoms. The van der Waals surface area contributed by atoms with E-state index in [0.717, 1.165) is 5.56 Å². The fraction of sp³-hybridized carbons (Fsp3) is 0.250. The largest absolute Gasteiger partial charge is 0.350 e. The molecule has 0 radical (unpaired) electrons. The number of allylic oxidation sites excluding steroid dienone is 2. The number of carbonyl (C=O) groups excluding carboxylic acids is 1. The second-order valence-corrected chi connectivity index (χ2v) is 4.89. The maximum absolute atomic E-state index is 11.7. The molecule has 1 aromatic carbocycles. The molecule has 1 atom stereocenters. The maximum Gasteiger partial charge on any atom is 0.159 e. The van der Waals surface area contributed by atoms with Gasteiger partial charge in [-0.05, 0) is 25.5 Å². The van der Waals surface area contributed by atoms with Crippen LogP contribution in [0.2, 0.25) is 0 Å². The number of ketones is 1. The van der Waals surface area contributed by atoms with Crippen molar-refractivity contribution in [1.82, 2.24) is 4.90 Å². The molecule has 0 fully saturated rings. The molecule has 0 saturated carbocycles. The second-order valence-electron chi connectivity index (χ2n) is 4.89. The molecule has 0 amide bonds. The first-order valence-electron chi connectivity index (χ1n) is 6.19. The van der Waals surface area contributed by atoms with Crippen molar-refractivity contribution < 1.29 is 4.79 Å². The van der Waals surface area contributed by atoms with Crippen LogP contribution in [0.4, 0.5) is 0 Å². The highest BCUT2D eigenvalue weighted by Crippen LogP contribution is 2.32. The third-order valence-electron chi connectivity index (χ3n) is 3.27. The highest BCUT2D eigenvalue weighted by Gasteiger charge is 2.32. The van der Waals surface area contributed by atoms with Gasteiger partial charge in [-0.25, -0.2) is 0 Å². The summed E-state index contributed by atoms with van der Waals surface area (Å²) in [6.45, 7) is 3.95. The van der Waals surface area contributed by atoms with E-state index in [2.05, 4.69) is 6.07 Å². The number of hydrogen-bond acceptors (Lipinski definition) is 3. The highest BCUT2D eigenvalue weighted by molar-refractivity contribution is 5.95. The molecule has 0 aliphatic carbocycles. The molecule has 0 spiro atoms. The van der Waals surface area contributed by atoms with E-state index in [1.54, 1.807) is 19.2 Å². The highest BCUT2D eigenvalue weighted by atomic mass is 16.1. The molecule has 19 heavy (non-hydrogen) atoms. The Balaban J connectivity index is 2.25. The van der Waals surface area contributed by atoms with E-state index in [1.807, 2.05) is 41.4 Å². The summed E-state index contributed by atoms with van der Waals surface area (Å²) in [5.41, 5.74) is 0.874. The number of nitrogens with zero attached hydrogens (tertiary/aromatic N) is 2. The smallest absolute Gasteiger partial charge is 0.159 e. The molecule has 1 aliphatic rings. The molecule has 1 aliphatic heterocycles. The Kier molecular flexibility index (Phi) is 3.52. The van der Waals surface area contributed by atoms with Crippen molar-refractivity contribution in [1.29, 1.82) is 5.26 Å². The number of benzene rings is 1. The summed E-state index contributed by atoms with van der Waals surface area (Å²) in [5, 5.41) is 9.23.